The van der Waals surface area contributed by atoms with Crippen LogP contribution in [0.25, 0.3) is 0 Å². The van der Waals surface area contributed by atoms with Gasteiger partial charge in [0.2, 0.25) is 0 Å². The number of hydrogen-bond acceptors (Lipinski definition) is 3. The second-order valence-electron chi connectivity index (χ2n) is 6.82. The number of likely N-dealkylation sites (tertiary alicyclic amines) is 1. The number of halogens is 1. The Kier molecular flexibility index (Phi) is 5.06. The van der Waals surface area contributed by atoms with Gasteiger partial charge in [-0.05, 0) is 40.2 Å². The summed E-state index contributed by atoms with van der Waals surface area (Å²) in [5, 5.41) is 3.39. The molecule has 1 aromatic rings. The summed E-state index contributed by atoms with van der Waals surface area (Å²) in [6.07, 6.45) is 0.563. The van der Waals surface area contributed by atoms with Crippen molar-refractivity contribution in [3.8, 4) is 0 Å². The topological polar surface area (TPSA) is 41.6 Å². The van der Waals surface area contributed by atoms with E-state index in [-0.39, 0.29) is 24.0 Å². The van der Waals surface area contributed by atoms with Crippen molar-refractivity contribution in [2.75, 3.05) is 13.1 Å². The van der Waals surface area contributed by atoms with Crippen molar-refractivity contribution in [1.82, 2.24) is 10.2 Å². The molecule has 122 valence electrons. The zero-order valence-electron chi connectivity index (χ0n) is 13.7. The van der Waals surface area contributed by atoms with Gasteiger partial charge in [-0.25, -0.2) is 9.18 Å². The van der Waals surface area contributed by atoms with Crippen LogP contribution in [-0.2, 0) is 4.74 Å². The Labute approximate surface area is 131 Å². The van der Waals surface area contributed by atoms with Gasteiger partial charge in [0, 0.05) is 30.7 Å². The summed E-state index contributed by atoms with van der Waals surface area (Å²) in [5.41, 5.74) is 0.168. The van der Waals surface area contributed by atoms with Crippen LogP contribution >= 0.6 is 0 Å². The molecule has 1 heterocycles. The lowest BCUT2D eigenvalue weighted by atomic mass is 10.1. The van der Waals surface area contributed by atoms with Gasteiger partial charge >= 0.3 is 6.09 Å². The summed E-state index contributed by atoms with van der Waals surface area (Å²) in [4.78, 5) is 13.7. The molecule has 5 heteroatoms. The monoisotopic (exact) mass is 308 g/mol. The molecule has 2 atom stereocenters. The standard InChI is InChI=1S/C17H25FN2O2/c1-12(14-7-5-6-8-15(14)18)19-13-9-10-20(11-13)16(21)22-17(2,3)4/h5-8,12-13,19H,9-11H2,1-4H3/t12-,13?/m1/s1. The largest absolute Gasteiger partial charge is 0.444 e. The third-order valence-electron chi connectivity index (χ3n) is 3.70. The number of hydrogen-bond donors (Lipinski definition) is 1. The van der Waals surface area contributed by atoms with Crippen molar-refractivity contribution >= 4 is 6.09 Å². The van der Waals surface area contributed by atoms with E-state index < -0.39 is 5.60 Å². The number of benzene rings is 1. The van der Waals surface area contributed by atoms with Crippen LogP contribution in [0.15, 0.2) is 24.3 Å². The summed E-state index contributed by atoms with van der Waals surface area (Å²) in [7, 11) is 0. The Balaban J connectivity index is 1.89. The highest BCUT2D eigenvalue weighted by Crippen LogP contribution is 2.20. The predicted octanol–water partition coefficient (Wildman–Crippen LogP) is 3.49. The molecule has 0 bridgehead atoms. The molecule has 4 nitrogen and oxygen atoms in total. The van der Waals surface area contributed by atoms with Crippen molar-refractivity contribution in [3.05, 3.63) is 35.6 Å². The second kappa shape index (κ2) is 6.65. The van der Waals surface area contributed by atoms with E-state index in [1.165, 1.54) is 6.07 Å². The van der Waals surface area contributed by atoms with Gasteiger partial charge in [-0.2, -0.15) is 0 Å². The first-order chi connectivity index (χ1) is 10.3. The Morgan fingerprint density at radius 2 is 2.09 bits per heavy atom. The van der Waals surface area contributed by atoms with E-state index in [1.54, 1.807) is 17.0 Å². The molecule has 1 N–H and O–H groups in total. The zero-order valence-corrected chi connectivity index (χ0v) is 13.7. The average molecular weight is 308 g/mol. The minimum absolute atomic E-state index is 0.0928. The summed E-state index contributed by atoms with van der Waals surface area (Å²) in [6, 6.07) is 6.83. The van der Waals surface area contributed by atoms with Gasteiger partial charge in [0.1, 0.15) is 11.4 Å². The Morgan fingerprint density at radius 3 is 2.73 bits per heavy atom. The number of nitrogens with one attached hydrogen (secondary N) is 1. The molecule has 22 heavy (non-hydrogen) atoms. The van der Waals surface area contributed by atoms with Gasteiger partial charge in [-0.1, -0.05) is 18.2 Å². The van der Waals surface area contributed by atoms with Crippen LogP contribution in [0.4, 0.5) is 9.18 Å². The maximum absolute atomic E-state index is 13.8. The van der Waals surface area contributed by atoms with Crippen molar-refractivity contribution in [2.45, 2.75) is 51.8 Å². The SMILES string of the molecule is C[C@@H](NC1CCN(C(=O)OC(C)(C)C)C1)c1ccccc1F. The first-order valence-electron chi connectivity index (χ1n) is 7.74. The average Bonchev–Trinajstić information content (AvgIpc) is 2.85. The van der Waals surface area contributed by atoms with E-state index in [4.69, 9.17) is 4.74 Å². The predicted molar refractivity (Wildman–Crippen MR) is 84.2 cm³/mol. The van der Waals surface area contributed by atoms with E-state index in [9.17, 15) is 9.18 Å². The van der Waals surface area contributed by atoms with Crippen molar-refractivity contribution in [1.29, 1.82) is 0 Å². The molecular weight excluding hydrogens is 283 g/mol. The summed E-state index contributed by atoms with van der Waals surface area (Å²) < 4.78 is 19.2. The Hall–Kier alpha value is -1.62. The van der Waals surface area contributed by atoms with Gasteiger partial charge in [-0.15, -0.1) is 0 Å². The van der Waals surface area contributed by atoms with Gasteiger partial charge in [0.25, 0.3) is 0 Å². The van der Waals surface area contributed by atoms with Gasteiger partial charge in [-0.3, -0.25) is 0 Å². The van der Waals surface area contributed by atoms with Crippen LogP contribution in [0.5, 0.6) is 0 Å². The molecule has 0 saturated carbocycles. The molecule has 0 aromatic heterocycles. The molecule has 1 aromatic carbocycles. The highest BCUT2D eigenvalue weighted by molar-refractivity contribution is 5.68. The fourth-order valence-electron chi connectivity index (χ4n) is 2.66. The summed E-state index contributed by atoms with van der Waals surface area (Å²) in [6.45, 7) is 8.77. The summed E-state index contributed by atoms with van der Waals surface area (Å²) in [5.74, 6) is -0.204. The number of amides is 1. The lowest BCUT2D eigenvalue weighted by Crippen LogP contribution is -2.39. The molecule has 1 amide bonds. The van der Waals surface area contributed by atoms with Crippen LogP contribution < -0.4 is 5.32 Å². The normalized spacial score (nSPS) is 20.0. The Morgan fingerprint density at radius 1 is 1.41 bits per heavy atom. The molecule has 0 aliphatic carbocycles. The molecular formula is C17H25FN2O2. The van der Waals surface area contributed by atoms with E-state index in [1.807, 2.05) is 33.8 Å². The van der Waals surface area contributed by atoms with E-state index >= 15 is 0 Å². The van der Waals surface area contributed by atoms with Crippen LogP contribution in [0.1, 0.15) is 45.7 Å². The smallest absolute Gasteiger partial charge is 0.410 e. The molecule has 1 unspecified atom stereocenters. The highest BCUT2D eigenvalue weighted by Gasteiger charge is 2.30. The molecule has 0 radical (unpaired) electrons. The molecule has 0 spiro atoms. The summed E-state index contributed by atoms with van der Waals surface area (Å²) >= 11 is 0. The van der Waals surface area contributed by atoms with Gasteiger partial charge in [0.05, 0.1) is 0 Å². The molecule has 1 aliphatic rings. The third-order valence-corrected chi connectivity index (χ3v) is 3.70. The van der Waals surface area contributed by atoms with Crippen molar-refractivity contribution in [3.63, 3.8) is 0 Å². The zero-order chi connectivity index (χ0) is 16.3. The maximum atomic E-state index is 13.8. The van der Waals surface area contributed by atoms with Crippen LogP contribution in [0.2, 0.25) is 0 Å². The number of carbonyl (C=O) groups excluding carboxylic acids is 1. The van der Waals surface area contributed by atoms with Crippen molar-refractivity contribution < 1.29 is 13.9 Å². The van der Waals surface area contributed by atoms with E-state index in [0.29, 0.717) is 18.7 Å². The second-order valence-corrected chi connectivity index (χ2v) is 6.82. The molecule has 1 fully saturated rings. The van der Waals surface area contributed by atoms with Crippen LogP contribution in [0, 0.1) is 5.82 Å². The minimum Gasteiger partial charge on any atom is -0.444 e. The molecule has 1 saturated heterocycles. The number of ether oxygens (including phenoxy) is 1. The lowest BCUT2D eigenvalue weighted by Gasteiger charge is -2.25. The Bertz CT molecular complexity index is 528. The van der Waals surface area contributed by atoms with E-state index in [0.717, 1.165) is 6.42 Å². The number of nitrogens with zero attached hydrogens (tertiary/aromatic N) is 1. The first-order valence-corrected chi connectivity index (χ1v) is 7.74. The fraction of sp³-hybridized carbons (Fsp3) is 0.588. The van der Waals surface area contributed by atoms with Crippen LogP contribution in [-0.4, -0.2) is 35.7 Å². The number of carbonyl (C=O) groups is 1. The highest BCUT2D eigenvalue weighted by atomic mass is 19.1. The molecule has 1 aliphatic heterocycles. The van der Waals surface area contributed by atoms with E-state index in [2.05, 4.69) is 5.32 Å². The maximum Gasteiger partial charge on any atom is 0.410 e. The van der Waals surface area contributed by atoms with Gasteiger partial charge in [0.15, 0.2) is 0 Å². The fourth-order valence-corrected chi connectivity index (χ4v) is 2.66. The first kappa shape index (κ1) is 16.7. The number of rotatable bonds is 3. The molecule has 2 rings (SSSR count). The van der Waals surface area contributed by atoms with Crippen LogP contribution in [0.3, 0.4) is 0 Å². The quantitative estimate of drug-likeness (QED) is 0.929. The third kappa shape index (κ3) is 4.44. The lowest BCUT2D eigenvalue weighted by molar-refractivity contribution is 0.0290. The van der Waals surface area contributed by atoms with Crippen molar-refractivity contribution in [2.24, 2.45) is 0 Å². The van der Waals surface area contributed by atoms with Gasteiger partial charge < -0.3 is 15.0 Å². The minimum atomic E-state index is -0.483.